The summed E-state index contributed by atoms with van der Waals surface area (Å²) in [5.74, 6) is -1.10. The molecule has 5 nitrogen and oxygen atoms in total. The quantitative estimate of drug-likeness (QED) is 0.875. The zero-order chi connectivity index (χ0) is 15.0. The third kappa shape index (κ3) is 2.50. The molecule has 1 aliphatic heterocycles. The van der Waals surface area contributed by atoms with Crippen LogP contribution in [-0.2, 0) is 4.79 Å². The number of nitrogens with one attached hydrogen (secondary N) is 1. The van der Waals surface area contributed by atoms with Gasteiger partial charge in [0.15, 0.2) is 0 Å². The van der Waals surface area contributed by atoms with Gasteiger partial charge in [-0.25, -0.2) is 4.79 Å². The molecule has 0 bridgehead atoms. The molecule has 0 aromatic heterocycles. The molecular weight excluding hydrogens is 336 g/mol. The van der Waals surface area contributed by atoms with E-state index in [1.807, 2.05) is 29.2 Å². The Morgan fingerprint density at radius 3 is 2.71 bits per heavy atom. The van der Waals surface area contributed by atoms with Gasteiger partial charge in [0.25, 0.3) is 0 Å². The number of halogens is 1. The molecule has 2 aromatic rings. The van der Waals surface area contributed by atoms with Crippen LogP contribution in [0, 0.1) is 0 Å². The Kier molecular flexibility index (Phi) is 3.39. The molecular formula is C15H11BrN2O3. The topological polar surface area (TPSA) is 69.6 Å². The van der Waals surface area contributed by atoms with Gasteiger partial charge in [-0.05, 0) is 46.3 Å². The number of nitrogens with zero attached hydrogens (tertiary/aromatic N) is 1. The maximum Gasteiger partial charge on any atom is 0.336 e. The summed E-state index contributed by atoms with van der Waals surface area (Å²) in [6.45, 7) is 0.190. The SMILES string of the molecule is O=C1CN(c2ccc(C(=O)O)c(Br)c2)c2ccccc2N1. The van der Waals surface area contributed by atoms with Gasteiger partial charge < -0.3 is 15.3 Å². The molecule has 0 saturated heterocycles. The number of amides is 1. The minimum Gasteiger partial charge on any atom is -0.478 e. The lowest BCUT2D eigenvalue weighted by atomic mass is 10.1. The Labute approximate surface area is 129 Å². The largest absolute Gasteiger partial charge is 0.478 e. The van der Waals surface area contributed by atoms with E-state index >= 15 is 0 Å². The van der Waals surface area contributed by atoms with E-state index in [2.05, 4.69) is 21.2 Å². The van der Waals surface area contributed by atoms with Crippen molar-refractivity contribution in [2.45, 2.75) is 0 Å². The fourth-order valence-electron chi connectivity index (χ4n) is 2.31. The summed E-state index contributed by atoms with van der Waals surface area (Å²) in [7, 11) is 0. The Bertz CT molecular complexity index is 745. The van der Waals surface area contributed by atoms with Gasteiger partial charge in [-0.15, -0.1) is 0 Å². The van der Waals surface area contributed by atoms with Gasteiger partial charge in [0, 0.05) is 10.2 Å². The van der Waals surface area contributed by atoms with Crippen LogP contribution in [0.5, 0.6) is 0 Å². The van der Waals surface area contributed by atoms with Crippen molar-refractivity contribution in [3.8, 4) is 0 Å². The van der Waals surface area contributed by atoms with Crippen LogP contribution in [0.2, 0.25) is 0 Å². The number of hydrogen-bond acceptors (Lipinski definition) is 3. The van der Waals surface area contributed by atoms with E-state index in [-0.39, 0.29) is 18.0 Å². The third-order valence-corrected chi connectivity index (χ3v) is 3.92. The van der Waals surface area contributed by atoms with Gasteiger partial charge in [-0.1, -0.05) is 12.1 Å². The van der Waals surface area contributed by atoms with E-state index in [9.17, 15) is 9.59 Å². The van der Waals surface area contributed by atoms with Crippen molar-refractivity contribution in [1.29, 1.82) is 0 Å². The highest BCUT2D eigenvalue weighted by molar-refractivity contribution is 9.10. The Balaban J connectivity index is 2.07. The first kappa shape index (κ1) is 13.6. The average molecular weight is 347 g/mol. The second-order valence-electron chi connectivity index (χ2n) is 4.62. The number of carbonyl (C=O) groups excluding carboxylic acids is 1. The highest BCUT2D eigenvalue weighted by atomic mass is 79.9. The Morgan fingerprint density at radius 1 is 1.24 bits per heavy atom. The molecule has 2 aromatic carbocycles. The van der Waals surface area contributed by atoms with Gasteiger partial charge >= 0.3 is 5.97 Å². The van der Waals surface area contributed by atoms with Crippen LogP contribution in [0.1, 0.15) is 10.4 Å². The molecule has 0 atom stereocenters. The predicted octanol–water partition coefficient (Wildman–Crippen LogP) is 3.24. The van der Waals surface area contributed by atoms with Crippen LogP contribution < -0.4 is 10.2 Å². The number of carbonyl (C=O) groups is 2. The summed E-state index contributed by atoms with van der Waals surface area (Å²) in [5, 5.41) is 11.9. The van der Waals surface area contributed by atoms with Gasteiger partial charge in [-0.2, -0.15) is 0 Å². The molecule has 3 rings (SSSR count). The van der Waals surface area contributed by atoms with Gasteiger partial charge in [-0.3, -0.25) is 4.79 Å². The van der Waals surface area contributed by atoms with Crippen molar-refractivity contribution in [2.24, 2.45) is 0 Å². The smallest absolute Gasteiger partial charge is 0.336 e. The van der Waals surface area contributed by atoms with Crippen molar-refractivity contribution in [2.75, 3.05) is 16.8 Å². The van der Waals surface area contributed by atoms with E-state index in [0.29, 0.717) is 4.47 Å². The lowest BCUT2D eigenvalue weighted by molar-refractivity contribution is -0.115. The Hall–Kier alpha value is -2.34. The second kappa shape index (κ2) is 5.21. The van der Waals surface area contributed by atoms with E-state index in [0.717, 1.165) is 17.1 Å². The summed E-state index contributed by atoms with van der Waals surface area (Å²) in [6.07, 6.45) is 0. The van der Waals surface area contributed by atoms with E-state index in [4.69, 9.17) is 5.11 Å². The third-order valence-electron chi connectivity index (χ3n) is 3.27. The molecule has 21 heavy (non-hydrogen) atoms. The van der Waals surface area contributed by atoms with Gasteiger partial charge in [0.1, 0.15) is 6.54 Å². The minimum atomic E-state index is -0.995. The van der Waals surface area contributed by atoms with Crippen LogP contribution in [0.3, 0.4) is 0 Å². The monoisotopic (exact) mass is 346 g/mol. The average Bonchev–Trinajstić information content (AvgIpc) is 2.45. The highest BCUT2D eigenvalue weighted by Crippen LogP contribution is 2.36. The van der Waals surface area contributed by atoms with Gasteiger partial charge in [0.05, 0.1) is 16.9 Å². The van der Waals surface area contributed by atoms with E-state index < -0.39 is 5.97 Å². The molecule has 0 aliphatic carbocycles. The van der Waals surface area contributed by atoms with Crippen LogP contribution in [0.15, 0.2) is 46.9 Å². The van der Waals surface area contributed by atoms with Crippen LogP contribution >= 0.6 is 15.9 Å². The standard InChI is InChI=1S/C15H11BrN2O3/c16-11-7-9(5-6-10(11)15(20)21)18-8-14(19)17-12-3-1-2-4-13(12)18/h1-7H,8H2,(H,17,19)(H,20,21). The first-order chi connectivity index (χ1) is 10.1. The summed E-state index contributed by atoms with van der Waals surface area (Å²) >= 11 is 3.26. The maximum atomic E-state index is 11.8. The molecule has 1 amide bonds. The first-order valence-corrected chi connectivity index (χ1v) is 7.05. The predicted molar refractivity (Wildman–Crippen MR) is 83.2 cm³/mol. The van der Waals surface area contributed by atoms with Crippen LogP contribution in [0.4, 0.5) is 17.1 Å². The van der Waals surface area contributed by atoms with Crippen LogP contribution in [0.25, 0.3) is 0 Å². The molecule has 6 heteroatoms. The molecule has 0 unspecified atom stereocenters. The number of carboxylic acid groups (broad SMARTS) is 1. The molecule has 2 N–H and O–H groups in total. The Morgan fingerprint density at radius 2 is 2.00 bits per heavy atom. The number of carboxylic acids is 1. The molecule has 0 saturated carbocycles. The molecule has 0 spiro atoms. The van der Waals surface area contributed by atoms with Gasteiger partial charge in [0.2, 0.25) is 5.91 Å². The number of benzene rings is 2. The molecule has 1 heterocycles. The number of aromatic carboxylic acids is 1. The molecule has 0 radical (unpaired) electrons. The summed E-state index contributed by atoms with van der Waals surface area (Å²) in [4.78, 5) is 24.7. The van der Waals surface area contributed by atoms with Crippen molar-refractivity contribution in [3.05, 3.63) is 52.5 Å². The number of fused-ring (bicyclic) bond motifs is 1. The lowest BCUT2D eigenvalue weighted by Crippen LogP contribution is -2.35. The molecule has 0 fully saturated rings. The number of rotatable bonds is 2. The van der Waals surface area contributed by atoms with Crippen molar-refractivity contribution in [3.63, 3.8) is 0 Å². The summed E-state index contributed by atoms with van der Waals surface area (Å²) < 4.78 is 0.482. The fourth-order valence-corrected chi connectivity index (χ4v) is 2.85. The zero-order valence-electron chi connectivity index (χ0n) is 10.8. The summed E-state index contributed by atoms with van der Waals surface area (Å²) in [5.41, 5.74) is 2.57. The van der Waals surface area contributed by atoms with Crippen molar-refractivity contribution < 1.29 is 14.7 Å². The highest BCUT2D eigenvalue weighted by Gasteiger charge is 2.23. The second-order valence-corrected chi connectivity index (χ2v) is 5.48. The molecule has 106 valence electrons. The van der Waals surface area contributed by atoms with Crippen molar-refractivity contribution in [1.82, 2.24) is 0 Å². The number of para-hydroxylation sites is 2. The number of hydrogen-bond donors (Lipinski definition) is 2. The zero-order valence-corrected chi connectivity index (χ0v) is 12.4. The maximum absolute atomic E-state index is 11.8. The summed E-state index contributed by atoms with van der Waals surface area (Å²) in [6, 6.07) is 12.4. The van der Waals surface area contributed by atoms with E-state index in [1.54, 1.807) is 12.1 Å². The minimum absolute atomic E-state index is 0.105. The number of anilines is 3. The first-order valence-electron chi connectivity index (χ1n) is 6.25. The van der Waals surface area contributed by atoms with Crippen LogP contribution in [-0.4, -0.2) is 23.5 Å². The van der Waals surface area contributed by atoms with Crippen molar-refractivity contribution >= 4 is 44.9 Å². The normalized spacial score (nSPS) is 13.6. The molecule has 1 aliphatic rings. The van der Waals surface area contributed by atoms with E-state index in [1.165, 1.54) is 6.07 Å². The lowest BCUT2D eigenvalue weighted by Gasteiger charge is -2.31. The fraction of sp³-hybridized carbons (Fsp3) is 0.0667.